The minimum atomic E-state index is -0.426. The number of benzene rings is 2. The number of hydrogen-bond donors (Lipinski definition) is 1. The third kappa shape index (κ3) is 13.3. The molecule has 2 saturated carbocycles. The number of aldehydes is 1. The molecule has 9 nitrogen and oxygen atoms in total. The minimum absolute atomic E-state index is 0.110. The van der Waals surface area contributed by atoms with Crippen molar-refractivity contribution in [2.24, 2.45) is 17.7 Å². The molecule has 0 bridgehead atoms. The number of carbonyl (C=O) groups is 3. The molecule has 4 rings (SSSR count). The van der Waals surface area contributed by atoms with E-state index >= 15 is 0 Å². The Kier molecular flexibility index (Phi) is 14.4. The molecule has 0 saturated heterocycles. The molecule has 11 heteroatoms. The van der Waals surface area contributed by atoms with Gasteiger partial charge in [0, 0.05) is 19.4 Å². The Balaban J connectivity index is 0.000000238. The highest BCUT2D eigenvalue weighted by Crippen LogP contribution is 2.35. The summed E-state index contributed by atoms with van der Waals surface area (Å²) in [6, 6.07) is 11.4. The molecule has 0 aliphatic heterocycles. The van der Waals surface area contributed by atoms with Crippen molar-refractivity contribution < 1.29 is 33.4 Å². The summed E-state index contributed by atoms with van der Waals surface area (Å²) >= 11 is 6.90. The summed E-state index contributed by atoms with van der Waals surface area (Å²) in [6.07, 6.45) is 6.32. The highest BCUT2D eigenvalue weighted by Gasteiger charge is 2.24. The molecule has 2 aliphatic rings. The largest absolute Gasteiger partial charge is 0.623 e. The standard InChI is InChI=1S/C14H16BrNO3.C11H14BrNO2.C3H4O2/c1-10(17)7-16(18)8-12-3-2-4-13(15)14(12)19-9-11-5-6-11;12-10-3-1-2-9(7-15-13)11(10)14-6-8-4-5-8;1-3(5)2-4/h2-4,7,11H,5-6,8-9H2,1H3;1-3,8H,4-7,13H2;2H,1H3/b16-7-;;. The highest BCUT2D eigenvalue weighted by atomic mass is 79.9. The van der Waals surface area contributed by atoms with Gasteiger partial charge in [0.25, 0.3) is 0 Å². The van der Waals surface area contributed by atoms with E-state index in [1.165, 1.54) is 39.5 Å². The van der Waals surface area contributed by atoms with E-state index in [1.54, 1.807) is 0 Å². The van der Waals surface area contributed by atoms with Crippen molar-refractivity contribution in [3.63, 3.8) is 0 Å². The van der Waals surface area contributed by atoms with Gasteiger partial charge in [-0.3, -0.25) is 19.2 Å². The van der Waals surface area contributed by atoms with Gasteiger partial charge in [-0.25, -0.2) is 10.6 Å². The molecule has 212 valence electrons. The molecule has 0 amide bonds. The Bertz CT molecular complexity index is 1150. The summed E-state index contributed by atoms with van der Waals surface area (Å²) in [6.45, 7) is 4.53. The zero-order valence-corrected chi connectivity index (χ0v) is 25.2. The van der Waals surface area contributed by atoms with Gasteiger partial charge in [-0.15, -0.1) is 0 Å². The lowest BCUT2D eigenvalue weighted by Crippen LogP contribution is -2.11. The van der Waals surface area contributed by atoms with E-state index in [4.69, 9.17) is 20.2 Å². The number of para-hydroxylation sites is 2. The topological polar surface area (TPSA) is 131 Å². The number of rotatable bonds is 12. The van der Waals surface area contributed by atoms with Crippen LogP contribution in [0.15, 0.2) is 45.3 Å². The fourth-order valence-electron chi connectivity index (χ4n) is 3.15. The number of carbonyl (C=O) groups excluding carboxylic acids is 3. The highest BCUT2D eigenvalue weighted by molar-refractivity contribution is 9.10. The van der Waals surface area contributed by atoms with Crippen molar-refractivity contribution in [2.75, 3.05) is 13.2 Å². The van der Waals surface area contributed by atoms with Gasteiger partial charge in [0.05, 0.1) is 34.3 Å². The van der Waals surface area contributed by atoms with Crippen LogP contribution in [0.3, 0.4) is 0 Å². The molecule has 0 spiro atoms. The summed E-state index contributed by atoms with van der Waals surface area (Å²) in [4.78, 5) is 34.1. The third-order valence-corrected chi connectivity index (χ3v) is 6.72. The molecule has 0 atom stereocenters. The van der Waals surface area contributed by atoms with Crippen molar-refractivity contribution in [1.82, 2.24) is 0 Å². The van der Waals surface area contributed by atoms with Gasteiger partial charge in [-0.1, -0.05) is 18.2 Å². The van der Waals surface area contributed by atoms with Gasteiger partial charge in [0.2, 0.25) is 12.0 Å². The van der Waals surface area contributed by atoms with E-state index in [2.05, 4.69) is 36.7 Å². The number of halogens is 2. The van der Waals surface area contributed by atoms with Gasteiger partial charge >= 0.3 is 0 Å². The SMILES string of the molecule is CC(=O)/C=[N+](\[O-])Cc1cccc(Br)c1OCC1CC1.CC(=O)C=O.NOCc1cccc(Br)c1OCC1CC1. The van der Waals surface area contributed by atoms with Gasteiger partial charge < -0.3 is 14.7 Å². The Morgan fingerprint density at radius 2 is 1.38 bits per heavy atom. The normalized spacial score (nSPS) is 14.2. The van der Waals surface area contributed by atoms with Crippen LogP contribution >= 0.6 is 31.9 Å². The lowest BCUT2D eigenvalue weighted by Gasteiger charge is -2.12. The maximum atomic E-state index is 11.6. The number of Topliss-reactive ketones (excluding diaryl/α,β-unsaturated/α-hetero) is 2. The van der Waals surface area contributed by atoms with E-state index in [0.29, 0.717) is 29.6 Å². The zero-order chi connectivity index (χ0) is 28.8. The van der Waals surface area contributed by atoms with E-state index in [-0.39, 0.29) is 18.6 Å². The second kappa shape index (κ2) is 17.2. The first-order valence-corrected chi connectivity index (χ1v) is 14.1. The van der Waals surface area contributed by atoms with E-state index in [9.17, 15) is 14.8 Å². The molecular weight excluding hydrogens is 636 g/mol. The quantitative estimate of drug-likeness (QED) is 0.0804. The lowest BCUT2D eigenvalue weighted by atomic mass is 10.2. The molecule has 0 aromatic heterocycles. The van der Waals surface area contributed by atoms with Crippen molar-refractivity contribution in [1.29, 1.82) is 0 Å². The second-order valence-corrected chi connectivity index (χ2v) is 11.0. The van der Waals surface area contributed by atoms with Crippen LogP contribution in [0.1, 0.15) is 50.7 Å². The number of hydrogen-bond acceptors (Lipinski definition) is 8. The molecular formula is C28H34Br2N2O7. The predicted octanol–water partition coefficient (Wildman–Crippen LogP) is 5.31. The molecule has 2 N–H and O–H groups in total. The van der Waals surface area contributed by atoms with Crippen LogP contribution < -0.4 is 15.4 Å². The fourth-order valence-corrected chi connectivity index (χ4v) is 4.19. The first-order valence-electron chi connectivity index (χ1n) is 12.5. The summed E-state index contributed by atoms with van der Waals surface area (Å²) in [5.74, 6) is 7.33. The fraction of sp³-hybridized carbons (Fsp3) is 0.429. The first-order chi connectivity index (χ1) is 18.6. The molecule has 0 radical (unpaired) electrons. The van der Waals surface area contributed by atoms with Gasteiger partial charge in [0.1, 0.15) is 11.5 Å². The lowest BCUT2D eigenvalue weighted by molar-refractivity contribution is -0.469. The number of ketones is 2. The van der Waals surface area contributed by atoms with E-state index in [0.717, 1.165) is 44.6 Å². The van der Waals surface area contributed by atoms with Gasteiger partial charge in [-0.2, -0.15) is 0 Å². The summed E-state index contributed by atoms with van der Waals surface area (Å²) < 4.78 is 14.0. The maximum absolute atomic E-state index is 11.6. The molecule has 0 unspecified atom stereocenters. The summed E-state index contributed by atoms with van der Waals surface area (Å²) in [5.41, 5.74) is 1.76. The smallest absolute Gasteiger partial charge is 0.217 e. The number of ether oxygens (including phenoxy) is 2. The van der Waals surface area contributed by atoms with Crippen molar-refractivity contribution >= 4 is 55.9 Å². The molecule has 2 aromatic rings. The molecule has 2 aliphatic carbocycles. The first kappa shape index (κ1) is 32.6. The summed E-state index contributed by atoms with van der Waals surface area (Å²) in [7, 11) is 0. The Hall–Kier alpha value is -2.60. The zero-order valence-electron chi connectivity index (χ0n) is 22.1. The second-order valence-electron chi connectivity index (χ2n) is 9.32. The monoisotopic (exact) mass is 668 g/mol. The number of nitrogens with zero attached hydrogens (tertiary/aromatic N) is 1. The maximum Gasteiger partial charge on any atom is 0.217 e. The average Bonchev–Trinajstić information content (AvgIpc) is 3.79. The van der Waals surface area contributed by atoms with Crippen molar-refractivity contribution in [2.45, 2.75) is 52.7 Å². The predicted molar refractivity (Wildman–Crippen MR) is 155 cm³/mol. The van der Waals surface area contributed by atoms with E-state index in [1.807, 2.05) is 36.4 Å². The molecule has 0 heterocycles. The van der Waals surface area contributed by atoms with Crippen LogP contribution in [-0.2, 0) is 32.4 Å². The molecule has 2 aromatic carbocycles. The van der Waals surface area contributed by atoms with Crippen LogP contribution in [0.4, 0.5) is 0 Å². The third-order valence-electron chi connectivity index (χ3n) is 5.47. The molecule has 39 heavy (non-hydrogen) atoms. The van der Waals surface area contributed by atoms with Crippen LogP contribution in [0.25, 0.3) is 0 Å². The van der Waals surface area contributed by atoms with Crippen LogP contribution in [-0.4, -0.2) is 42.0 Å². The van der Waals surface area contributed by atoms with Crippen LogP contribution in [0.5, 0.6) is 11.5 Å². The number of hydroxylamine groups is 1. The van der Waals surface area contributed by atoms with Gasteiger partial charge in [-0.05, 0) is 87.6 Å². The average molecular weight is 670 g/mol. The Morgan fingerprint density at radius 1 is 0.923 bits per heavy atom. The summed E-state index contributed by atoms with van der Waals surface area (Å²) in [5, 5.41) is 11.6. The van der Waals surface area contributed by atoms with Crippen LogP contribution in [0.2, 0.25) is 0 Å². The van der Waals surface area contributed by atoms with Crippen molar-refractivity contribution in [3.05, 3.63) is 61.7 Å². The van der Waals surface area contributed by atoms with Crippen molar-refractivity contribution in [3.8, 4) is 11.5 Å². The number of nitrogens with two attached hydrogens (primary N) is 1. The van der Waals surface area contributed by atoms with Crippen LogP contribution in [0, 0.1) is 17.0 Å². The minimum Gasteiger partial charge on any atom is -0.623 e. The Morgan fingerprint density at radius 3 is 1.79 bits per heavy atom. The Labute approximate surface area is 245 Å². The molecule has 2 fully saturated rings. The van der Waals surface area contributed by atoms with E-state index < -0.39 is 5.78 Å². The van der Waals surface area contributed by atoms with Gasteiger partial charge in [0.15, 0.2) is 18.6 Å².